The van der Waals surface area contributed by atoms with Crippen LogP contribution in [0.15, 0.2) is 0 Å². The Morgan fingerprint density at radius 3 is 2.62 bits per heavy atom. The highest BCUT2D eigenvalue weighted by molar-refractivity contribution is 5.89. The Kier molecular flexibility index (Phi) is 1.52. The Bertz CT molecular complexity index is 273. The normalized spacial score (nSPS) is 30.1. The van der Waals surface area contributed by atoms with Gasteiger partial charge in [-0.2, -0.15) is 0 Å². The molecule has 1 saturated carbocycles. The summed E-state index contributed by atoms with van der Waals surface area (Å²) in [5.74, 6) is -0.933. The van der Waals surface area contributed by atoms with Gasteiger partial charge in [-0.25, -0.2) is 9.59 Å². The molecule has 0 unspecified atom stereocenters. The molecule has 0 aromatic rings. The molecule has 13 heavy (non-hydrogen) atoms. The number of aliphatic carboxylic acids is 1. The summed E-state index contributed by atoms with van der Waals surface area (Å²) in [5.41, 5.74) is -0.442. The molecule has 1 atom stereocenters. The first kappa shape index (κ1) is 8.34. The van der Waals surface area contributed by atoms with Crippen molar-refractivity contribution in [1.82, 2.24) is 10.2 Å². The Hall–Kier alpha value is -1.26. The molecule has 2 rings (SSSR count). The summed E-state index contributed by atoms with van der Waals surface area (Å²) in [7, 11) is 1.66. The number of carboxylic acids is 1. The number of nitrogens with zero attached hydrogens (tertiary/aromatic N) is 1. The van der Waals surface area contributed by atoms with E-state index < -0.39 is 17.6 Å². The van der Waals surface area contributed by atoms with Crippen molar-refractivity contribution >= 4 is 12.0 Å². The number of carbonyl (C=O) groups is 2. The lowest BCUT2D eigenvalue weighted by Gasteiger charge is -2.44. The molecule has 0 bridgehead atoms. The molecular formula is C8H12N2O3. The predicted molar refractivity (Wildman–Crippen MR) is 44.3 cm³/mol. The lowest BCUT2D eigenvalue weighted by atomic mass is 9.71. The minimum atomic E-state index is -0.933. The van der Waals surface area contributed by atoms with Gasteiger partial charge in [0.05, 0.1) is 5.54 Å². The van der Waals surface area contributed by atoms with Crippen molar-refractivity contribution in [2.24, 2.45) is 0 Å². The van der Waals surface area contributed by atoms with Crippen molar-refractivity contribution < 1.29 is 14.7 Å². The summed E-state index contributed by atoms with van der Waals surface area (Å²) >= 11 is 0. The van der Waals surface area contributed by atoms with Crippen LogP contribution in [0.5, 0.6) is 0 Å². The van der Waals surface area contributed by atoms with Crippen LogP contribution in [0.4, 0.5) is 4.79 Å². The Balaban J connectivity index is 2.29. The van der Waals surface area contributed by atoms with Crippen molar-refractivity contribution in [2.45, 2.75) is 30.8 Å². The van der Waals surface area contributed by atoms with Gasteiger partial charge in [-0.3, -0.25) is 0 Å². The maximum Gasteiger partial charge on any atom is 0.328 e. The Morgan fingerprint density at radius 1 is 1.69 bits per heavy atom. The third-order valence-corrected chi connectivity index (χ3v) is 3.24. The third kappa shape index (κ3) is 0.868. The number of amides is 2. The zero-order valence-electron chi connectivity index (χ0n) is 7.41. The first-order valence-corrected chi connectivity index (χ1v) is 4.35. The number of hydrogen-bond acceptors (Lipinski definition) is 2. The van der Waals surface area contributed by atoms with Gasteiger partial charge in [-0.15, -0.1) is 0 Å². The second-order valence-electron chi connectivity index (χ2n) is 3.74. The zero-order valence-corrected chi connectivity index (χ0v) is 7.41. The molecule has 2 amide bonds. The lowest BCUT2D eigenvalue weighted by molar-refractivity contribution is -0.142. The molecule has 0 aromatic heterocycles. The molecule has 72 valence electrons. The maximum atomic E-state index is 11.2. The Morgan fingerprint density at radius 2 is 2.31 bits per heavy atom. The van der Waals surface area contributed by atoms with Gasteiger partial charge in [0.15, 0.2) is 6.04 Å². The van der Waals surface area contributed by atoms with E-state index in [1.54, 1.807) is 7.05 Å². The van der Waals surface area contributed by atoms with Crippen LogP contribution < -0.4 is 5.32 Å². The van der Waals surface area contributed by atoms with Crippen LogP contribution in [-0.4, -0.2) is 40.6 Å². The van der Waals surface area contributed by atoms with E-state index in [2.05, 4.69) is 5.32 Å². The number of carbonyl (C=O) groups excluding carboxylic acids is 1. The standard InChI is InChI=1S/C8H12N2O3/c1-10-7(13)9-5(6(11)12)8(10)3-2-4-8/h5H,2-4H2,1H3,(H,9,13)(H,11,12)/t5-/m0/s1. The first-order valence-electron chi connectivity index (χ1n) is 4.35. The molecule has 5 heteroatoms. The van der Waals surface area contributed by atoms with E-state index in [1.165, 1.54) is 4.90 Å². The second-order valence-corrected chi connectivity index (χ2v) is 3.74. The van der Waals surface area contributed by atoms with E-state index in [-0.39, 0.29) is 6.03 Å². The Labute approximate surface area is 75.7 Å². The molecule has 1 aliphatic heterocycles. The van der Waals surface area contributed by atoms with Gasteiger partial charge in [0.2, 0.25) is 0 Å². The molecule has 1 saturated heterocycles. The summed E-state index contributed by atoms with van der Waals surface area (Å²) in [5, 5.41) is 11.4. The third-order valence-electron chi connectivity index (χ3n) is 3.24. The van der Waals surface area contributed by atoms with Crippen LogP contribution in [0.3, 0.4) is 0 Å². The van der Waals surface area contributed by atoms with Crippen molar-refractivity contribution in [3.8, 4) is 0 Å². The van der Waals surface area contributed by atoms with Gasteiger partial charge in [0, 0.05) is 7.05 Å². The smallest absolute Gasteiger partial charge is 0.328 e. The maximum absolute atomic E-state index is 11.2. The van der Waals surface area contributed by atoms with E-state index >= 15 is 0 Å². The number of hydrogen-bond donors (Lipinski definition) is 2. The van der Waals surface area contributed by atoms with Gasteiger partial charge in [-0.05, 0) is 19.3 Å². The quantitative estimate of drug-likeness (QED) is 0.603. The zero-order chi connectivity index (χ0) is 9.64. The van der Waals surface area contributed by atoms with Gasteiger partial charge in [-0.1, -0.05) is 0 Å². The minimum Gasteiger partial charge on any atom is -0.480 e. The van der Waals surface area contributed by atoms with E-state index in [9.17, 15) is 9.59 Å². The largest absolute Gasteiger partial charge is 0.480 e. The molecule has 2 fully saturated rings. The summed E-state index contributed by atoms with van der Waals surface area (Å²) in [6.07, 6.45) is 2.58. The van der Waals surface area contributed by atoms with Crippen molar-refractivity contribution in [3.05, 3.63) is 0 Å². The van der Waals surface area contributed by atoms with Crippen molar-refractivity contribution in [1.29, 1.82) is 0 Å². The lowest BCUT2D eigenvalue weighted by Crippen LogP contribution is -2.58. The summed E-state index contributed by atoms with van der Waals surface area (Å²) in [6.45, 7) is 0. The van der Waals surface area contributed by atoms with E-state index in [1.807, 2.05) is 0 Å². The highest BCUT2D eigenvalue weighted by Crippen LogP contribution is 2.42. The average Bonchev–Trinajstić information content (AvgIpc) is 2.24. The second kappa shape index (κ2) is 2.37. The van der Waals surface area contributed by atoms with Crippen molar-refractivity contribution in [2.75, 3.05) is 7.05 Å². The molecule has 0 aromatic carbocycles. The topological polar surface area (TPSA) is 69.6 Å². The SMILES string of the molecule is CN1C(=O)N[C@@H](C(=O)O)C12CCC2. The van der Waals surface area contributed by atoms with Crippen LogP contribution in [0.2, 0.25) is 0 Å². The highest BCUT2D eigenvalue weighted by Gasteiger charge is 2.57. The summed E-state index contributed by atoms with van der Waals surface area (Å²) < 4.78 is 0. The van der Waals surface area contributed by atoms with E-state index in [0.717, 1.165) is 19.3 Å². The number of carboxylic acid groups (broad SMARTS) is 1. The molecule has 1 spiro atoms. The first-order chi connectivity index (χ1) is 6.08. The van der Waals surface area contributed by atoms with Crippen LogP contribution in [0, 0.1) is 0 Å². The number of likely N-dealkylation sites (N-methyl/N-ethyl adjacent to an activating group) is 1. The van der Waals surface area contributed by atoms with Gasteiger partial charge in [0.1, 0.15) is 0 Å². The molecule has 2 N–H and O–H groups in total. The highest BCUT2D eigenvalue weighted by atomic mass is 16.4. The molecule has 1 heterocycles. The van der Waals surface area contributed by atoms with Crippen LogP contribution in [-0.2, 0) is 4.79 Å². The fourth-order valence-corrected chi connectivity index (χ4v) is 2.21. The number of rotatable bonds is 1. The molecule has 0 radical (unpaired) electrons. The van der Waals surface area contributed by atoms with Gasteiger partial charge in [0.25, 0.3) is 0 Å². The molecule has 2 aliphatic rings. The van der Waals surface area contributed by atoms with E-state index in [0.29, 0.717) is 0 Å². The minimum absolute atomic E-state index is 0.271. The van der Waals surface area contributed by atoms with Crippen molar-refractivity contribution in [3.63, 3.8) is 0 Å². The molecule has 1 aliphatic carbocycles. The van der Waals surface area contributed by atoms with E-state index in [4.69, 9.17) is 5.11 Å². The molecular weight excluding hydrogens is 172 g/mol. The fraction of sp³-hybridized carbons (Fsp3) is 0.750. The molecule has 5 nitrogen and oxygen atoms in total. The monoisotopic (exact) mass is 184 g/mol. The summed E-state index contributed by atoms with van der Waals surface area (Å²) in [6, 6.07) is -0.995. The predicted octanol–water partition coefficient (Wildman–Crippen LogP) is 0.0173. The van der Waals surface area contributed by atoms with Gasteiger partial charge < -0.3 is 15.3 Å². The number of urea groups is 1. The van der Waals surface area contributed by atoms with Crippen LogP contribution in [0.1, 0.15) is 19.3 Å². The summed E-state index contributed by atoms with van der Waals surface area (Å²) in [4.78, 5) is 23.6. The van der Waals surface area contributed by atoms with Crippen LogP contribution in [0.25, 0.3) is 0 Å². The average molecular weight is 184 g/mol. The fourth-order valence-electron chi connectivity index (χ4n) is 2.21. The number of nitrogens with one attached hydrogen (secondary N) is 1. The van der Waals surface area contributed by atoms with Crippen LogP contribution >= 0.6 is 0 Å². The van der Waals surface area contributed by atoms with Gasteiger partial charge >= 0.3 is 12.0 Å².